The number of carbonyl (C=O) groups is 4. The quantitative estimate of drug-likeness (QED) is 0.469. The molecule has 1 fully saturated rings. The minimum Gasteiger partial charge on any atom is -0.444 e. The van der Waals surface area contributed by atoms with E-state index in [1.54, 1.807) is 45.0 Å². The monoisotopic (exact) mass is 574 g/mol. The lowest BCUT2D eigenvalue weighted by Crippen LogP contribution is -2.47. The summed E-state index contributed by atoms with van der Waals surface area (Å²) in [6.45, 7) is 4.41. The number of rotatable bonds is 8. The molecule has 41 heavy (non-hydrogen) atoms. The lowest BCUT2D eigenvalue weighted by molar-refractivity contribution is -0.136. The van der Waals surface area contributed by atoms with Crippen molar-refractivity contribution in [2.24, 2.45) is 0 Å². The molecule has 0 radical (unpaired) electrons. The molecule has 2 aromatic carbocycles. The third-order valence-corrected chi connectivity index (χ3v) is 6.57. The number of anilines is 1. The molecule has 1 atom stereocenters. The Bertz CT molecular complexity index is 1340. The van der Waals surface area contributed by atoms with Crippen molar-refractivity contribution in [1.29, 1.82) is 0 Å². The highest BCUT2D eigenvalue weighted by molar-refractivity contribution is 6.02. The molecule has 1 unspecified atom stereocenters. The highest BCUT2D eigenvalue weighted by Gasteiger charge is 2.33. The molecule has 4 amide bonds. The number of hydrogen-bond acceptors (Lipinski definition) is 5. The Morgan fingerprint density at radius 3 is 2.39 bits per heavy atom. The van der Waals surface area contributed by atoms with Crippen molar-refractivity contribution < 1.29 is 37.1 Å². The largest absolute Gasteiger partial charge is 0.444 e. The molecule has 1 aliphatic carbocycles. The number of carbonyl (C=O) groups excluding carboxylic acids is 4. The summed E-state index contributed by atoms with van der Waals surface area (Å²) in [7, 11) is 0. The fourth-order valence-corrected chi connectivity index (χ4v) is 4.52. The van der Waals surface area contributed by atoms with E-state index in [9.17, 15) is 32.3 Å². The standard InChI is InChI=1S/C29H33F3N4O5/c1-29(2,3)41-28(40)34-20(10-18-11-22(31)23(32)13-21(18)30)12-26(38)35-14-17-6-4-5-7-24(17)36(27(39)16-35)15-25(37)33-19-8-9-19/h4-7,11,13,19-20H,8-10,12,14-16H2,1-3H3,(H,33,37)(H,34,40). The number of benzene rings is 2. The Morgan fingerprint density at radius 1 is 1.02 bits per heavy atom. The summed E-state index contributed by atoms with van der Waals surface area (Å²) in [4.78, 5) is 54.5. The molecule has 2 N–H and O–H groups in total. The predicted molar refractivity (Wildman–Crippen MR) is 143 cm³/mol. The Labute approximate surface area is 236 Å². The van der Waals surface area contributed by atoms with Crippen LogP contribution in [0.5, 0.6) is 0 Å². The van der Waals surface area contributed by atoms with Crippen LogP contribution in [-0.4, -0.2) is 59.5 Å². The molecule has 1 heterocycles. The number of halogens is 3. The molecule has 0 aromatic heterocycles. The first-order valence-corrected chi connectivity index (χ1v) is 13.4. The molecule has 9 nitrogen and oxygen atoms in total. The van der Waals surface area contributed by atoms with Gasteiger partial charge in [0.05, 0.1) is 0 Å². The van der Waals surface area contributed by atoms with Gasteiger partial charge in [0.25, 0.3) is 0 Å². The Balaban J connectivity index is 1.54. The van der Waals surface area contributed by atoms with Crippen LogP contribution >= 0.6 is 0 Å². The number of nitrogens with one attached hydrogen (secondary N) is 2. The van der Waals surface area contributed by atoms with Crippen molar-refractivity contribution in [3.8, 4) is 0 Å². The van der Waals surface area contributed by atoms with E-state index in [2.05, 4.69) is 10.6 Å². The lowest BCUT2D eigenvalue weighted by atomic mass is 10.0. The van der Waals surface area contributed by atoms with Gasteiger partial charge in [-0.1, -0.05) is 18.2 Å². The van der Waals surface area contributed by atoms with Gasteiger partial charge in [0.2, 0.25) is 17.7 Å². The first-order chi connectivity index (χ1) is 19.3. The van der Waals surface area contributed by atoms with Crippen molar-refractivity contribution in [2.75, 3.05) is 18.0 Å². The Kier molecular flexibility index (Phi) is 8.89. The molecule has 12 heteroatoms. The van der Waals surface area contributed by atoms with E-state index >= 15 is 0 Å². The van der Waals surface area contributed by atoms with Gasteiger partial charge in [-0.05, 0) is 63.3 Å². The first kappa shape index (κ1) is 29.9. The minimum atomic E-state index is -1.36. The predicted octanol–water partition coefficient (Wildman–Crippen LogP) is 3.58. The molecule has 4 rings (SSSR count). The summed E-state index contributed by atoms with van der Waals surface area (Å²) >= 11 is 0. The van der Waals surface area contributed by atoms with Gasteiger partial charge in [-0.15, -0.1) is 0 Å². The Morgan fingerprint density at radius 2 is 1.71 bits per heavy atom. The number of alkyl carbamates (subject to hydrolysis) is 1. The molecule has 1 aliphatic heterocycles. The van der Waals surface area contributed by atoms with E-state index in [1.807, 2.05) is 0 Å². The van der Waals surface area contributed by atoms with Gasteiger partial charge in [0.15, 0.2) is 11.6 Å². The summed E-state index contributed by atoms with van der Waals surface area (Å²) < 4.78 is 47.1. The second kappa shape index (κ2) is 12.2. The van der Waals surface area contributed by atoms with E-state index in [0.717, 1.165) is 12.8 Å². The second-order valence-electron chi connectivity index (χ2n) is 11.3. The number of hydrogen-bond donors (Lipinski definition) is 2. The van der Waals surface area contributed by atoms with E-state index in [1.165, 1.54) is 9.80 Å². The molecular weight excluding hydrogens is 541 g/mol. The van der Waals surface area contributed by atoms with Gasteiger partial charge in [-0.2, -0.15) is 0 Å². The molecule has 0 bridgehead atoms. The number of amides is 4. The fourth-order valence-electron chi connectivity index (χ4n) is 4.52. The molecule has 220 valence electrons. The third kappa shape index (κ3) is 8.21. The van der Waals surface area contributed by atoms with E-state index in [-0.39, 0.29) is 43.6 Å². The average Bonchev–Trinajstić information content (AvgIpc) is 3.69. The smallest absolute Gasteiger partial charge is 0.407 e. The van der Waals surface area contributed by atoms with Crippen LogP contribution < -0.4 is 15.5 Å². The summed E-state index contributed by atoms with van der Waals surface area (Å²) in [5.41, 5.74) is 0.0188. The van der Waals surface area contributed by atoms with Crippen molar-refractivity contribution in [2.45, 2.75) is 70.7 Å². The lowest BCUT2D eigenvalue weighted by Gasteiger charge is -2.26. The van der Waals surface area contributed by atoms with Crippen molar-refractivity contribution in [1.82, 2.24) is 15.5 Å². The van der Waals surface area contributed by atoms with Crippen LogP contribution in [0, 0.1) is 17.5 Å². The maximum absolute atomic E-state index is 14.5. The van der Waals surface area contributed by atoms with Gasteiger partial charge in [-0.3, -0.25) is 14.4 Å². The number of para-hydroxylation sites is 1. The molecule has 0 spiro atoms. The van der Waals surface area contributed by atoms with Gasteiger partial charge in [0.1, 0.15) is 24.5 Å². The third-order valence-electron chi connectivity index (χ3n) is 6.57. The van der Waals surface area contributed by atoms with Crippen LogP contribution in [0.25, 0.3) is 0 Å². The van der Waals surface area contributed by atoms with Gasteiger partial charge in [-0.25, -0.2) is 18.0 Å². The highest BCUT2D eigenvalue weighted by atomic mass is 19.2. The van der Waals surface area contributed by atoms with Crippen molar-refractivity contribution in [3.63, 3.8) is 0 Å². The summed E-state index contributed by atoms with van der Waals surface area (Å²) in [5.74, 6) is -5.00. The van der Waals surface area contributed by atoms with Crippen LogP contribution in [0.2, 0.25) is 0 Å². The highest BCUT2D eigenvalue weighted by Crippen LogP contribution is 2.27. The summed E-state index contributed by atoms with van der Waals surface area (Å²) in [6.07, 6.45) is 0.162. The summed E-state index contributed by atoms with van der Waals surface area (Å²) in [5, 5.41) is 5.37. The molecule has 0 saturated heterocycles. The zero-order valence-electron chi connectivity index (χ0n) is 23.1. The van der Waals surface area contributed by atoms with Gasteiger partial charge in [0, 0.05) is 36.8 Å². The van der Waals surface area contributed by atoms with Gasteiger partial charge < -0.3 is 25.2 Å². The SMILES string of the molecule is CC(C)(C)OC(=O)NC(CC(=O)N1CC(=O)N(CC(=O)NC2CC2)c2ccccc2C1)Cc1cc(F)c(F)cc1F. The normalized spacial score (nSPS) is 16.0. The number of ether oxygens (including phenoxy) is 1. The minimum absolute atomic E-state index is 0.0419. The zero-order valence-corrected chi connectivity index (χ0v) is 23.1. The van der Waals surface area contributed by atoms with Crippen molar-refractivity contribution in [3.05, 3.63) is 65.0 Å². The molecule has 2 aromatic rings. The summed E-state index contributed by atoms with van der Waals surface area (Å²) in [6, 6.07) is 7.03. The zero-order chi connectivity index (χ0) is 29.9. The van der Waals surface area contributed by atoms with Crippen LogP contribution in [0.1, 0.15) is 51.2 Å². The maximum atomic E-state index is 14.5. The van der Waals surface area contributed by atoms with Gasteiger partial charge >= 0.3 is 6.09 Å². The number of fused-ring (bicyclic) bond motifs is 1. The van der Waals surface area contributed by atoms with E-state index in [0.29, 0.717) is 23.4 Å². The van der Waals surface area contributed by atoms with Crippen LogP contribution in [0.3, 0.4) is 0 Å². The van der Waals surface area contributed by atoms with E-state index < -0.39 is 53.4 Å². The van der Waals surface area contributed by atoms with Crippen LogP contribution in [-0.2, 0) is 32.1 Å². The van der Waals surface area contributed by atoms with Crippen LogP contribution in [0.15, 0.2) is 36.4 Å². The topological polar surface area (TPSA) is 108 Å². The molecular formula is C29H33F3N4O5. The van der Waals surface area contributed by atoms with Crippen LogP contribution in [0.4, 0.5) is 23.7 Å². The maximum Gasteiger partial charge on any atom is 0.407 e. The Hall–Kier alpha value is -4.09. The first-order valence-electron chi connectivity index (χ1n) is 13.4. The van der Waals surface area contributed by atoms with E-state index in [4.69, 9.17) is 4.74 Å². The average molecular weight is 575 g/mol. The van der Waals surface area contributed by atoms with Crippen molar-refractivity contribution >= 4 is 29.5 Å². The molecule has 1 saturated carbocycles. The fraction of sp³-hybridized carbons (Fsp3) is 0.448. The second-order valence-corrected chi connectivity index (χ2v) is 11.3. The number of nitrogens with zero attached hydrogens (tertiary/aromatic N) is 2. The molecule has 2 aliphatic rings.